The van der Waals surface area contributed by atoms with Gasteiger partial charge in [-0.2, -0.15) is 0 Å². The van der Waals surface area contributed by atoms with Gasteiger partial charge in [0.25, 0.3) is 0 Å². The third-order valence-corrected chi connectivity index (χ3v) is 12.4. The first-order valence-corrected chi connectivity index (χ1v) is 21.2. The van der Waals surface area contributed by atoms with Crippen molar-refractivity contribution >= 4 is 65.7 Å². The van der Waals surface area contributed by atoms with Crippen LogP contribution in [0.5, 0.6) is 0 Å². The first-order valence-electron chi connectivity index (χ1n) is 21.2. The van der Waals surface area contributed by atoms with Crippen LogP contribution < -0.4 is 0 Å². The number of hydrogen-bond acceptors (Lipinski definition) is 4. The Kier molecular flexibility index (Phi) is 7.84. The van der Waals surface area contributed by atoms with Crippen molar-refractivity contribution in [1.29, 1.82) is 0 Å². The summed E-state index contributed by atoms with van der Waals surface area (Å²) in [5, 5.41) is 6.73. The number of fused-ring (bicyclic) bond motifs is 9. The van der Waals surface area contributed by atoms with E-state index in [0.717, 1.165) is 105 Å². The molecule has 5 heteroatoms. The standard InChI is InChI=1S/C58H35N3O2/c1-3-13-36(14-4-1)58-59-50(39-25-28-57-49(34-39)46-19-9-12-22-55(46)63-57)35-51(60-58)42-30-40(29-41(31-42)38-24-27-56-48(33-38)45-18-8-11-21-54(45)62-56)37-23-26-53-47(32-37)44-17-7-10-20-52(44)61(53)43-15-5-2-6-16-43/h1-35H. The number of nitrogens with zero attached hydrogens (tertiary/aromatic N) is 3. The van der Waals surface area contributed by atoms with Crippen molar-refractivity contribution in [1.82, 2.24) is 14.5 Å². The Morgan fingerprint density at radius 1 is 0.286 bits per heavy atom. The molecular weight excluding hydrogens is 771 g/mol. The summed E-state index contributed by atoms with van der Waals surface area (Å²) in [5.74, 6) is 0.661. The van der Waals surface area contributed by atoms with Gasteiger partial charge in [-0.25, -0.2) is 9.97 Å². The molecule has 0 radical (unpaired) electrons. The molecule has 0 amide bonds. The molecule has 13 aromatic rings. The Balaban J connectivity index is 1.04. The van der Waals surface area contributed by atoms with Crippen LogP contribution in [0.3, 0.4) is 0 Å². The van der Waals surface area contributed by atoms with Gasteiger partial charge in [-0.05, 0) is 119 Å². The fourth-order valence-corrected chi connectivity index (χ4v) is 9.37. The molecule has 0 saturated heterocycles. The van der Waals surface area contributed by atoms with Gasteiger partial charge in [0.2, 0.25) is 0 Å². The number of hydrogen-bond donors (Lipinski definition) is 0. The predicted molar refractivity (Wildman–Crippen MR) is 258 cm³/mol. The number of para-hydroxylation sites is 4. The number of benzene rings is 9. The Morgan fingerprint density at radius 3 is 1.44 bits per heavy atom. The van der Waals surface area contributed by atoms with Gasteiger partial charge in [0.1, 0.15) is 22.3 Å². The molecule has 0 aliphatic heterocycles. The zero-order valence-corrected chi connectivity index (χ0v) is 33.9. The van der Waals surface area contributed by atoms with Crippen LogP contribution in [0.1, 0.15) is 0 Å². The maximum atomic E-state index is 6.27. The fourth-order valence-electron chi connectivity index (χ4n) is 9.37. The quantitative estimate of drug-likeness (QED) is 0.168. The Morgan fingerprint density at radius 2 is 0.762 bits per heavy atom. The second-order valence-electron chi connectivity index (χ2n) is 16.2. The van der Waals surface area contributed by atoms with Gasteiger partial charge in [0.05, 0.1) is 22.4 Å². The Bertz CT molecular complexity index is 3910. The molecule has 13 rings (SSSR count). The summed E-state index contributed by atoms with van der Waals surface area (Å²) < 4.78 is 14.8. The molecule has 63 heavy (non-hydrogen) atoms. The summed E-state index contributed by atoms with van der Waals surface area (Å²) in [4.78, 5) is 10.6. The molecule has 5 nitrogen and oxygen atoms in total. The fraction of sp³-hybridized carbons (Fsp3) is 0. The van der Waals surface area contributed by atoms with Crippen molar-refractivity contribution in [3.63, 3.8) is 0 Å². The third kappa shape index (κ3) is 5.86. The molecule has 0 unspecified atom stereocenters. The average Bonchev–Trinajstić information content (AvgIpc) is 4.03. The highest BCUT2D eigenvalue weighted by Crippen LogP contribution is 2.40. The monoisotopic (exact) mass is 805 g/mol. The third-order valence-electron chi connectivity index (χ3n) is 12.4. The highest BCUT2D eigenvalue weighted by molar-refractivity contribution is 6.11. The molecule has 0 spiro atoms. The van der Waals surface area contributed by atoms with E-state index in [0.29, 0.717) is 5.82 Å². The van der Waals surface area contributed by atoms with Gasteiger partial charge in [0, 0.05) is 54.7 Å². The smallest absolute Gasteiger partial charge is 0.160 e. The highest BCUT2D eigenvalue weighted by Gasteiger charge is 2.18. The van der Waals surface area contributed by atoms with Gasteiger partial charge in [-0.15, -0.1) is 0 Å². The van der Waals surface area contributed by atoms with Crippen molar-refractivity contribution in [3.8, 4) is 61.8 Å². The maximum Gasteiger partial charge on any atom is 0.160 e. The highest BCUT2D eigenvalue weighted by atomic mass is 16.3. The lowest BCUT2D eigenvalue weighted by molar-refractivity contribution is 0.668. The molecule has 294 valence electrons. The largest absolute Gasteiger partial charge is 0.456 e. The minimum atomic E-state index is 0.661. The SMILES string of the molecule is c1ccc(-c2nc(-c3cc(-c4ccc5oc6ccccc6c5c4)cc(-c4ccc5c(c4)c4ccccc4n5-c4ccccc4)c3)cc(-c3ccc4oc5ccccc5c4c3)n2)cc1. The first kappa shape index (κ1) is 35.2. The van der Waals surface area contributed by atoms with Crippen LogP contribution >= 0.6 is 0 Å². The topological polar surface area (TPSA) is 57.0 Å². The van der Waals surface area contributed by atoms with E-state index in [1.165, 1.54) is 16.3 Å². The van der Waals surface area contributed by atoms with Crippen LogP contribution in [-0.2, 0) is 0 Å². The second kappa shape index (κ2) is 14.0. The summed E-state index contributed by atoms with van der Waals surface area (Å²) in [6.45, 7) is 0. The van der Waals surface area contributed by atoms with E-state index in [9.17, 15) is 0 Å². The van der Waals surface area contributed by atoms with Crippen LogP contribution in [0, 0.1) is 0 Å². The van der Waals surface area contributed by atoms with Crippen LogP contribution in [0.25, 0.3) is 128 Å². The molecule has 0 atom stereocenters. The predicted octanol–water partition coefficient (Wildman–Crippen LogP) is 15.7. The lowest BCUT2D eigenvalue weighted by Gasteiger charge is -2.14. The van der Waals surface area contributed by atoms with E-state index in [1.807, 2.05) is 48.5 Å². The molecule has 0 saturated carbocycles. The van der Waals surface area contributed by atoms with E-state index in [1.54, 1.807) is 0 Å². The summed E-state index contributed by atoms with van der Waals surface area (Å²) in [7, 11) is 0. The molecule has 0 N–H and O–H groups in total. The molecule has 4 heterocycles. The van der Waals surface area contributed by atoms with Gasteiger partial charge in [0.15, 0.2) is 5.82 Å². The molecule has 0 fully saturated rings. The van der Waals surface area contributed by atoms with Crippen molar-refractivity contribution < 1.29 is 8.83 Å². The van der Waals surface area contributed by atoms with Crippen molar-refractivity contribution in [2.24, 2.45) is 0 Å². The number of furan rings is 2. The Hall–Kier alpha value is -8.54. The first-order chi connectivity index (χ1) is 31.2. The summed E-state index contributed by atoms with van der Waals surface area (Å²) in [6.07, 6.45) is 0. The minimum Gasteiger partial charge on any atom is -0.456 e. The Labute approximate surface area is 361 Å². The van der Waals surface area contributed by atoms with Crippen LogP contribution in [0.4, 0.5) is 0 Å². The molecule has 0 aliphatic carbocycles. The average molecular weight is 806 g/mol. The maximum absolute atomic E-state index is 6.27. The van der Waals surface area contributed by atoms with E-state index in [-0.39, 0.29) is 0 Å². The van der Waals surface area contributed by atoms with Gasteiger partial charge in [-0.3, -0.25) is 0 Å². The van der Waals surface area contributed by atoms with Crippen LogP contribution in [-0.4, -0.2) is 14.5 Å². The van der Waals surface area contributed by atoms with Crippen LogP contribution in [0.15, 0.2) is 221 Å². The van der Waals surface area contributed by atoms with Gasteiger partial charge >= 0.3 is 0 Å². The zero-order valence-electron chi connectivity index (χ0n) is 33.9. The molecule has 4 aromatic heterocycles. The molecule has 9 aromatic carbocycles. The molecule has 0 bridgehead atoms. The van der Waals surface area contributed by atoms with Crippen molar-refractivity contribution in [2.45, 2.75) is 0 Å². The van der Waals surface area contributed by atoms with Crippen molar-refractivity contribution in [2.75, 3.05) is 0 Å². The van der Waals surface area contributed by atoms with Gasteiger partial charge < -0.3 is 13.4 Å². The summed E-state index contributed by atoms with van der Waals surface area (Å²) in [6, 6.07) is 74.6. The van der Waals surface area contributed by atoms with Crippen molar-refractivity contribution in [3.05, 3.63) is 212 Å². The normalized spacial score (nSPS) is 11.8. The van der Waals surface area contributed by atoms with E-state index < -0.39 is 0 Å². The van der Waals surface area contributed by atoms with E-state index in [4.69, 9.17) is 18.8 Å². The minimum absolute atomic E-state index is 0.661. The van der Waals surface area contributed by atoms with E-state index >= 15 is 0 Å². The van der Waals surface area contributed by atoms with Crippen LogP contribution in [0.2, 0.25) is 0 Å². The number of rotatable bonds is 6. The zero-order chi connectivity index (χ0) is 41.4. The lowest BCUT2D eigenvalue weighted by Crippen LogP contribution is -1.96. The lowest BCUT2D eigenvalue weighted by atomic mass is 9.93. The second-order valence-corrected chi connectivity index (χ2v) is 16.2. The molecule has 0 aliphatic rings. The van der Waals surface area contributed by atoms with E-state index in [2.05, 4.69) is 168 Å². The summed E-state index contributed by atoms with van der Waals surface area (Å²) >= 11 is 0. The molecular formula is C58H35N3O2. The number of aromatic nitrogens is 3. The van der Waals surface area contributed by atoms with Gasteiger partial charge in [-0.1, -0.05) is 115 Å². The summed E-state index contributed by atoms with van der Waals surface area (Å²) in [5.41, 5.74) is 15.9.